The number of benzene rings is 1. The molecule has 4 heteroatoms. The van der Waals surface area contributed by atoms with E-state index in [4.69, 9.17) is 4.74 Å². The van der Waals surface area contributed by atoms with Gasteiger partial charge in [-0.3, -0.25) is 4.79 Å². The van der Waals surface area contributed by atoms with Gasteiger partial charge in [-0.2, -0.15) is 0 Å². The first kappa shape index (κ1) is 17.0. The molecule has 0 saturated carbocycles. The zero-order valence-electron chi connectivity index (χ0n) is 14.4. The molecule has 1 aliphatic heterocycles. The molecule has 0 unspecified atom stereocenters. The van der Waals surface area contributed by atoms with Crippen molar-refractivity contribution in [3.8, 4) is 5.75 Å². The number of carbonyl (C=O) groups excluding carboxylic acids is 1. The molecule has 1 atom stereocenters. The second-order valence-corrected chi connectivity index (χ2v) is 6.74. The third kappa shape index (κ3) is 5.10. The van der Waals surface area contributed by atoms with Gasteiger partial charge in [-0.15, -0.1) is 0 Å². The van der Waals surface area contributed by atoms with Gasteiger partial charge in [0.15, 0.2) is 0 Å². The number of carbonyl (C=O) groups is 1. The molecule has 1 aliphatic carbocycles. The van der Waals surface area contributed by atoms with E-state index >= 15 is 0 Å². The third-order valence-electron chi connectivity index (χ3n) is 4.95. The van der Waals surface area contributed by atoms with Crippen LogP contribution in [-0.2, 0) is 4.79 Å². The number of hydrogen-bond acceptors (Lipinski definition) is 3. The van der Waals surface area contributed by atoms with Crippen molar-refractivity contribution in [1.82, 2.24) is 9.80 Å². The summed E-state index contributed by atoms with van der Waals surface area (Å²) in [4.78, 5) is 16.8. The highest BCUT2D eigenvalue weighted by Gasteiger charge is 2.22. The molecule has 24 heavy (non-hydrogen) atoms. The molecule has 1 aromatic rings. The lowest BCUT2D eigenvalue weighted by Gasteiger charge is -2.27. The van der Waals surface area contributed by atoms with E-state index in [1.165, 1.54) is 19.3 Å². The van der Waals surface area contributed by atoms with E-state index in [0.717, 1.165) is 37.8 Å². The normalized spacial score (nSPS) is 22.4. The Morgan fingerprint density at radius 1 is 1.08 bits per heavy atom. The van der Waals surface area contributed by atoms with Gasteiger partial charge in [-0.1, -0.05) is 30.4 Å². The summed E-state index contributed by atoms with van der Waals surface area (Å²) in [5, 5.41) is 0. The largest absolute Gasteiger partial charge is 0.492 e. The first-order valence-corrected chi connectivity index (χ1v) is 9.14. The first-order chi connectivity index (χ1) is 11.8. The fourth-order valence-electron chi connectivity index (χ4n) is 3.51. The summed E-state index contributed by atoms with van der Waals surface area (Å²) in [6.45, 7) is 5.06. The molecule has 0 N–H and O–H groups in total. The van der Waals surface area contributed by atoms with Crippen molar-refractivity contribution in [2.45, 2.75) is 25.7 Å². The number of nitrogens with zero attached hydrogens (tertiary/aromatic N) is 2. The summed E-state index contributed by atoms with van der Waals surface area (Å²) >= 11 is 0. The van der Waals surface area contributed by atoms with Crippen LogP contribution >= 0.6 is 0 Å². The van der Waals surface area contributed by atoms with Gasteiger partial charge in [0.25, 0.3) is 0 Å². The third-order valence-corrected chi connectivity index (χ3v) is 4.95. The van der Waals surface area contributed by atoms with Crippen LogP contribution < -0.4 is 4.74 Å². The smallest absolute Gasteiger partial charge is 0.224 e. The standard InChI is InChI=1S/C20H28N2O2/c23-20-11-12-21(17-18-7-3-1-4-8-18)13-14-22(20)15-16-24-19-9-5-2-6-10-19/h1-3,5-6,9-10,18H,4,7-8,11-17H2/t18-/m1/s1. The van der Waals surface area contributed by atoms with Gasteiger partial charge in [0.1, 0.15) is 12.4 Å². The Hall–Kier alpha value is -1.81. The summed E-state index contributed by atoms with van der Waals surface area (Å²) in [7, 11) is 0. The van der Waals surface area contributed by atoms with Crippen molar-refractivity contribution in [3.63, 3.8) is 0 Å². The molecule has 2 aliphatic rings. The van der Waals surface area contributed by atoms with E-state index in [9.17, 15) is 4.79 Å². The van der Waals surface area contributed by atoms with Crippen molar-refractivity contribution in [3.05, 3.63) is 42.5 Å². The average molecular weight is 328 g/mol. The number of rotatable bonds is 6. The Kier molecular flexibility index (Phi) is 6.30. The van der Waals surface area contributed by atoms with Crippen LogP contribution in [0.1, 0.15) is 25.7 Å². The van der Waals surface area contributed by atoms with Crippen LogP contribution in [0.15, 0.2) is 42.5 Å². The summed E-state index contributed by atoms with van der Waals surface area (Å²) in [5.41, 5.74) is 0. The quantitative estimate of drug-likeness (QED) is 0.753. The fourth-order valence-corrected chi connectivity index (χ4v) is 3.51. The van der Waals surface area contributed by atoms with Crippen LogP contribution in [0.2, 0.25) is 0 Å². The lowest BCUT2D eigenvalue weighted by molar-refractivity contribution is -0.130. The molecule has 130 valence electrons. The Bertz CT molecular complexity index is 544. The topological polar surface area (TPSA) is 32.8 Å². The van der Waals surface area contributed by atoms with E-state index in [1.807, 2.05) is 35.2 Å². The van der Waals surface area contributed by atoms with Crippen molar-refractivity contribution >= 4 is 5.91 Å². The monoisotopic (exact) mass is 328 g/mol. The predicted octanol–water partition coefficient (Wildman–Crippen LogP) is 2.96. The number of ether oxygens (including phenoxy) is 1. The maximum absolute atomic E-state index is 12.3. The second kappa shape index (κ2) is 8.88. The summed E-state index contributed by atoms with van der Waals surface area (Å²) < 4.78 is 5.73. The van der Waals surface area contributed by atoms with Crippen LogP contribution in [0.3, 0.4) is 0 Å². The van der Waals surface area contributed by atoms with Crippen LogP contribution in [0, 0.1) is 5.92 Å². The van der Waals surface area contributed by atoms with Crippen molar-refractivity contribution in [2.24, 2.45) is 5.92 Å². The lowest BCUT2D eigenvalue weighted by atomic mass is 9.94. The van der Waals surface area contributed by atoms with Crippen LogP contribution in [0.4, 0.5) is 0 Å². The number of para-hydroxylation sites is 1. The first-order valence-electron chi connectivity index (χ1n) is 9.14. The van der Waals surface area contributed by atoms with Crippen LogP contribution in [-0.4, -0.2) is 55.0 Å². The number of allylic oxidation sites excluding steroid dienone is 2. The highest BCUT2D eigenvalue weighted by molar-refractivity contribution is 5.76. The highest BCUT2D eigenvalue weighted by Crippen LogP contribution is 2.20. The molecular formula is C20H28N2O2. The van der Waals surface area contributed by atoms with Crippen LogP contribution in [0.25, 0.3) is 0 Å². The average Bonchev–Trinajstić information content (AvgIpc) is 2.79. The van der Waals surface area contributed by atoms with Crippen molar-refractivity contribution < 1.29 is 9.53 Å². The number of amides is 1. The van der Waals surface area contributed by atoms with Gasteiger partial charge in [0.2, 0.25) is 5.91 Å². The van der Waals surface area contributed by atoms with Crippen molar-refractivity contribution in [1.29, 1.82) is 0 Å². The molecule has 1 aromatic carbocycles. The Morgan fingerprint density at radius 3 is 2.75 bits per heavy atom. The molecule has 4 nitrogen and oxygen atoms in total. The molecule has 0 bridgehead atoms. The second-order valence-electron chi connectivity index (χ2n) is 6.74. The molecule has 1 saturated heterocycles. The van der Waals surface area contributed by atoms with Gasteiger partial charge in [0.05, 0.1) is 6.54 Å². The van der Waals surface area contributed by atoms with E-state index < -0.39 is 0 Å². The summed E-state index contributed by atoms with van der Waals surface area (Å²) in [6, 6.07) is 9.80. The van der Waals surface area contributed by atoms with E-state index in [-0.39, 0.29) is 5.91 Å². The molecular weight excluding hydrogens is 300 g/mol. The molecule has 0 radical (unpaired) electrons. The zero-order chi connectivity index (χ0) is 16.6. The van der Waals surface area contributed by atoms with Gasteiger partial charge >= 0.3 is 0 Å². The Balaban J connectivity index is 1.42. The number of hydrogen-bond donors (Lipinski definition) is 0. The summed E-state index contributed by atoms with van der Waals surface area (Å²) in [6.07, 6.45) is 8.92. The maximum Gasteiger partial charge on any atom is 0.224 e. The molecule has 0 aromatic heterocycles. The van der Waals surface area contributed by atoms with Crippen molar-refractivity contribution in [2.75, 3.05) is 39.3 Å². The summed E-state index contributed by atoms with van der Waals surface area (Å²) in [5.74, 6) is 1.89. The Labute approximate surface area is 145 Å². The minimum Gasteiger partial charge on any atom is -0.492 e. The zero-order valence-corrected chi connectivity index (χ0v) is 14.4. The van der Waals surface area contributed by atoms with Gasteiger partial charge < -0.3 is 14.5 Å². The van der Waals surface area contributed by atoms with E-state index in [0.29, 0.717) is 19.6 Å². The fraction of sp³-hybridized carbons (Fsp3) is 0.550. The molecule has 0 spiro atoms. The van der Waals surface area contributed by atoms with E-state index in [1.54, 1.807) is 0 Å². The van der Waals surface area contributed by atoms with E-state index in [2.05, 4.69) is 17.1 Å². The molecule has 1 amide bonds. The predicted molar refractivity (Wildman–Crippen MR) is 96.1 cm³/mol. The minimum atomic E-state index is 0.262. The maximum atomic E-state index is 12.3. The molecule has 3 rings (SSSR count). The molecule has 1 fully saturated rings. The SMILES string of the molecule is O=C1CCN(C[C@@H]2CC=CCC2)CCN1CCOc1ccccc1. The van der Waals surface area contributed by atoms with Gasteiger partial charge in [-0.25, -0.2) is 0 Å². The van der Waals surface area contributed by atoms with Crippen LogP contribution in [0.5, 0.6) is 5.75 Å². The Morgan fingerprint density at radius 2 is 1.96 bits per heavy atom. The lowest BCUT2D eigenvalue weighted by Crippen LogP contribution is -2.37. The van der Waals surface area contributed by atoms with Gasteiger partial charge in [0, 0.05) is 32.6 Å². The van der Waals surface area contributed by atoms with Gasteiger partial charge in [-0.05, 0) is 37.3 Å². The molecule has 1 heterocycles. The minimum absolute atomic E-state index is 0.262. The highest BCUT2D eigenvalue weighted by atomic mass is 16.5.